The Bertz CT molecular complexity index is 3390. The average Bonchev–Trinajstić information content (AvgIpc) is 3.88. The van der Waals surface area contributed by atoms with Crippen LogP contribution in [0, 0.1) is 0 Å². The molecule has 1 aliphatic rings. The van der Waals surface area contributed by atoms with Crippen LogP contribution < -0.4 is 0 Å². The zero-order valence-corrected chi connectivity index (χ0v) is 34.4. The van der Waals surface area contributed by atoms with E-state index < -0.39 is 5.41 Å². The molecule has 0 aliphatic heterocycles. The molecule has 11 aromatic rings. The molecule has 0 bridgehead atoms. The number of hydrogen-bond acceptors (Lipinski definition) is 4. The smallest absolute Gasteiger partial charge is 0.164 e. The molecule has 0 atom stereocenters. The Morgan fingerprint density at radius 2 is 0.774 bits per heavy atom. The van der Waals surface area contributed by atoms with Crippen molar-refractivity contribution in [2.75, 3.05) is 0 Å². The Morgan fingerprint density at radius 1 is 0.306 bits per heavy atom. The van der Waals surface area contributed by atoms with Crippen molar-refractivity contribution in [2.45, 2.75) is 5.41 Å². The largest absolute Gasteiger partial charge is 0.208 e. The summed E-state index contributed by atoms with van der Waals surface area (Å²) in [6.07, 6.45) is 0. The van der Waals surface area contributed by atoms with Crippen molar-refractivity contribution in [3.63, 3.8) is 0 Å². The SMILES string of the molecule is c1ccc(-c2ccc(-c3nc(-c4ccc(-c5ccc6c(c5)sc5ccccc56)cc4)nc(-c4cccc5c4C(c4ccccc4)(c4ccccc4)c4ccccc4-5)n3)cc2)cc1. The Kier molecular flexibility index (Phi) is 8.58. The van der Waals surface area contributed by atoms with Crippen LogP contribution in [0.5, 0.6) is 0 Å². The molecule has 0 saturated heterocycles. The molecule has 1 aliphatic carbocycles. The lowest BCUT2D eigenvalue weighted by molar-refractivity contribution is 0.769. The van der Waals surface area contributed by atoms with Crippen LogP contribution in [0.25, 0.3) is 87.7 Å². The highest BCUT2D eigenvalue weighted by molar-refractivity contribution is 7.25. The van der Waals surface area contributed by atoms with Crippen LogP contribution in [0.3, 0.4) is 0 Å². The van der Waals surface area contributed by atoms with Gasteiger partial charge in [0.05, 0.1) is 5.41 Å². The first-order valence-corrected chi connectivity index (χ1v) is 21.8. The molecule has 0 spiro atoms. The highest BCUT2D eigenvalue weighted by Gasteiger charge is 2.47. The van der Waals surface area contributed by atoms with Crippen LogP contribution in [-0.4, -0.2) is 15.0 Å². The summed E-state index contributed by atoms with van der Waals surface area (Å²) >= 11 is 1.84. The van der Waals surface area contributed by atoms with Crippen molar-refractivity contribution in [3.8, 4) is 67.5 Å². The number of thiophene rings is 1. The standard InChI is InChI=1S/C58H37N3S/c1-4-15-38(16-5-1)39-27-31-41(32-28-39)55-59-56(42-33-29-40(30-34-42)43-35-36-48-47-22-11-13-26-52(47)62-53(48)37-43)61-57(60-55)50-24-14-23-49-46-21-10-12-25-51(46)58(54(49)50,44-17-6-2-7-18-44)45-19-8-3-9-20-45/h1-37H. The third-order valence-corrected chi connectivity index (χ3v) is 13.6. The lowest BCUT2D eigenvalue weighted by Gasteiger charge is -2.35. The molecule has 0 radical (unpaired) electrons. The second kappa shape index (κ2) is 14.7. The molecule has 4 heteroatoms. The first-order chi connectivity index (χ1) is 30.7. The number of rotatable bonds is 7. The van der Waals surface area contributed by atoms with Crippen molar-refractivity contribution >= 4 is 31.5 Å². The van der Waals surface area contributed by atoms with E-state index in [2.05, 4.69) is 218 Å². The van der Waals surface area contributed by atoms with Gasteiger partial charge in [0.15, 0.2) is 17.5 Å². The number of nitrogens with zero attached hydrogens (tertiary/aromatic N) is 3. The average molecular weight is 808 g/mol. The van der Waals surface area contributed by atoms with Gasteiger partial charge in [-0.2, -0.15) is 0 Å². The predicted octanol–water partition coefficient (Wildman–Crippen LogP) is 14.9. The third-order valence-electron chi connectivity index (χ3n) is 12.5. The van der Waals surface area contributed by atoms with E-state index in [4.69, 9.17) is 15.0 Å². The number of aromatic nitrogens is 3. The summed E-state index contributed by atoms with van der Waals surface area (Å²) in [7, 11) is 0. The van der Waals surface area contributed by atoms with Gasteiger partial charge in [-0.1, -0.05) is 212 Å². The molecular weight excluding hydrogens is 771 g/mol. The van der Waals surface area contributed by atoms with E-state index in [0.29, 0.717) is 17.5 Å². The normalized spacial score (nSPS) is 12.6. The summed E-state index contributed by atoms with van der Waals surface area (Å²) in [6, 6.07) is 80.4. The van der Waals surface area contributed by atoms with Crippen molar-refractivity contribution in [2.24, 2.45) is 0 Å². The van der Waals surface area contributed by atoms with Gasteiger partial charge in [-0.15, -0.1) is 11.3 Å². The van der Waals surface area contributed by atoms with E-state index >= 15 is 0 Å². The molecule has 0 amide bonds. The number of hydrogen-bond donors (Lipinski definition) is 0. The van der Waals surface area contributed by atoms with Gasteiger partial charge < -0.3 is 0 Å². The van der Waals surface area contributed by atoms with Crippen molar-refractivity contribution in [3.05, 3.63) is 247 Å². The van der Waals surface area contributed by atoms with Gasteiger partial charge in [-0.05, 0) is 67.8 Å². The van der Waals surface area contributed by atoms with Gasteiger partial charge in [0.25, 0.3) is 0 Å². The number of benzene rings is 9. The second-order valence-electron chi connectivity index (χ2n) is 15.9. The minimum atomic E-state index is -0.619. The molecule has 0 fully saturated rings. The van der Waals surface area contributed by atoms with Gasteiger partial charge in [-0.25, -0.2) is 15.0 Å². The lowest BCUT2D eigenvalue weighted by Crippen LogP contribution is -2.29. The van der Waals surface area contributed by atoms with E-state index in [1.165, 1.54) is 64.7 Å². The maximum absolute atomic E-state index is 5.40. The summed E-state index contributed by atoms with van der Waals surface area (Å²) in [6.45, 7) is 0. The molecule has 290 valence electrons. The summed E-state index contributed by atoms with van der Waals surface area (Å²) in [5, 5.41) is 2.61. The highest BCUT2D eigenvalue weighted by atomic mass is 32.1. The van der Waals surface area contributed by atoms with Crippen molar-refractivity contribution in [1.82, 2.24) is 15.0 Å². The molecule has 2 aromatic heterocycles. The van der Waals surface area contributed by atoms with E-state index in [1.54, 1.807) is 0 Å². The summed E-state index contributed by atoms with van der Waals surface area (Å²) in [4.78, 5) is 16.0. The quantitative estimate of drug-likeness (QED) is 0.161. The van der Waals surface area contributed by atoms with Crippen LogP contribution in [0.4, 0.5) is 0 Å². The van der Waals surface area contributed by atoms with Crippen molar-refractivity contribution < 1.29 is 0 Å². The summed E-state index contributed by atoms with van der Waals surface area (Å²) in [5.41, 5.74) is 14.1. The third kappa shape index (κ3) is 5.83. The highest BCUT2D eigenvalue weighted by Crippen LogP contribution is 2.58. The van der Waals surface area contributed by atoms with Gasteiger partial charge in [0.2, 0.25) is 0 Å². The molecule has 0 saturated carbocycles. The first-order valence-electron chi connectivity index (χ1n) is 21.0. The van der Waals surface area contributed by atoms with E-state index in [9.17, 15) is 0 Å². The molecular formula is C58H37N3S. The monoisotopic (exact) mass is 807 g/mol. The zero-order valence-electron chi connectivity index (χ0n) is 33.6. The Morgan fingerprint density at radius 3 is 1.45 bits per heavy atom. The van der Waals surface area contributed by atoms with Gasteiger partial charge in [-0.3, -0.25) is 0 Å². The first kappa shape index (κ1) is 36.1. The zero-order chi connectivity index (χ0) is 41.0. The Labute approximate surface area is 364 Å². The van der Waals surface area contributed by atoms with E-state index in [0.717, 1.165) is 27.8 Å². The topological polar surface area (TPSA) is 38.7 Å². The van der Waals surface area contributed by atoms with Crippen molar-refractivity contribution in [1.29, 1.82) is 0 Å². The molecule has 62 heavy (non-hydrogen) atoms. The number of fused-ring (bicyclic) bond motifs is 6. The van der Waals surface area contributed by atoms with Gasteiger partial charge in [0, 0.05) is 36.9 Å². The molecule has 2 heterocycles. The molecule has 0 unspecified atom stereocenters. The van der Waals surface area contributed by atoms with Crippen LogP contribution in [0.15, 0.2) is 224 Å². The molecule has 3 nitrogen and oxygen atoms in total. The fourth-order valence-corrected chi connectivity index (χ4v) is 10.7. The molecule has 12 rings (SSSR count). The Balaban J connectivity index is 1.05. The fraction of sp³-hybridized carbons (Fsp3) is 0.0172. The van der Waals surface area contributed by atoms with Crippen LogP contribution in [-0.2, 0) is 5.41 Å². The van der Waals surface area contributed by atoms with Crippen LogP contribution >= 0.6 is 11.3 Å². The van der Waals surface area contributed by atoms with Gasteiger partial charge >= 0.3 is 0 Å². The minimum absolute atomic E-state index is 0.619. The molecule has 0 N–H and O–H groups in total. The van der Waals surface area contributed by atoms with Gasteiger partial charge in [0.1, 0.15) is 0 Å². The summed E-state index contributed by atoms with van der Waals surface area (Å²) < 4.78 is 2.60. The van der Waals surface area contributed by atoms with Crippen LogP contribution in [0.1, 0.15) is 22.3 Å². The van der Waals surface area contributed by atoms with E-state index in [-0.39, 0.29) is 0 Å². The fourth-order valence-electron chi connectivity index (χ4n) is 9.60. The predicted molar refractivity (Wildman–Crippen MR) is 257 cm³/mol. The minimum Gasteiger partial charge on any atom is -0.208 e. The maximum Gasteiger partial charge on any atom is 0.164 e. The second-order valence-corrected chi connectivity index (χ2v) is 17.0. The summed E-state index contributed by atoms with van der Waals surface area (Å²) in [5.74, 6) is 1.89. The lowest BCUT2D eigenvalue weighted by atomic mass is 9.66. The van der Waals surface area contributed by atoms with Crippen LogP contribution in [0.2, 0.25) is 0 Å². The Hall–Kier alpha value is -7.79. The maximum atomic E-state index is 5.40. The molecule has 9 aromatic carbocycles. The van der Waals surface area contributed by atoms with E-state index in [1.807, 2.05) is 17.4 Å².